The topological polar surface area (TPSA) is 66.6 Å². The molecule has 5 nitrogen and oxygen atoms in total. The summed E-state index contributed by atoms with van der Waals surface area (Å²) in [5.74, 6) is 0.974. The van der Waals surface area contributed by atoms with Crippen molar-refractivity contribution in [3.63, 3.8) is 0 Å². The van der Waals surface area contributed by atoms with Crippen molar-refractivity contribution in [2.75, 3.05) is 20.1 Å². The first kappa shape index (κ1) is 18.6. The van der Waals surface area contributed by atoms with Crippen molar-refractivity contribution in [1.29, 1.82) is 0 Å². The van der Waals surface area contributed by atoms with Gasteiger partial charge in [-0.2, -0.15) is 0 Å². The zero-order valence-corrected chi connectivity index (χ0v) is 15.5. The molecule has 3 fully saturated rings. The van der Waals surface area contributed by atoms with Gasteiger partial charge in [0.1, 0.15) is 6.17 Å². The molecule has 0 aromatic heterocycles. The summed E-state index contributed by atoms with van der Waals surface area (Å²) in [6.45, 7) is 2.73. The normalized spacial score (nSPS) is 32.3. The maximum Gasteiger partial charge on any atom is 0.239 e. The lowest BCUT2D eigenvalue weighted by Gasteiger charge is -2.38. The van der Waals surface area contributed by atoms with E-state index in [9.17, 15) is 14.0 Å². The maximum atomic E-state index is 13.3. The number of hydrogen-bond donors (Lipinski definition) is 1. The first-order chi connectivity index (χ1) is 11.9. The Labute approximate surface area is 150 Å². The second-order valence-electron chi connectivity index (χ2n) is 8.35. The number of amides is 2. The van der Waals surface area contributed by atoms with Crippen LogP contribution in [-0.2, 0) is 9.59 Å². The number of likely N-dealkylation sites (tertiary alicyclic amines) is 1. The van der Waals surface area contributed by atoms with Gasteiger partial charge in [0.25, 0.3) is 0 Å². The molecule has 25 heavy (non-hydrogen) atoms. The minimum absolute atomic E-state index is 0.0940. The molecule has 1 heterocycles. The van der Waals surface area contributed by atoms with Gasteiger partial charge in [-0.3, -0.25) is 9.59 Å². The summed E-state index contributed by atoms with van der Waals surface area (Å²) in [6.07, 6.45) is 5.59. The van der Waals surface area contributed by atoms with Crippen molar-refractivity contribution in [3.8, 4) is 0 Å². The third-order valence-electron chi connectivity index (χ3n) is 6.60. The Hall–Kier alpha value is -1.17. The van der Waals surface area contributed by atoms with Crippen molar-refractivity contribution < 1.29 is 14.0 Å². The largest absolute Gasteiger partial charge is 0.343 e. The fourth-order valence-corrected chi connectivity index (χ4v) is 4.46. The van der Waals surface area contributed by atoms with Crippen LogP contribution in [0.1, 0.15) is 51.9 Å². The fraction of sp³-hybridized carbons (Fsp3) is 0.895. The Kier molecular flexibility index (Phi) is 5.66. The van der Waals surface area contributed by atoms with Gasteiger partial charge >= 0.3 is 0 Å². The highest BCUT2D eigenvalue weighted by molar-refractivity contribution is 5.82. The van der Waals surface area contributed by atoms with Gasteiger partial charge in [-0.1, -0.05) is 6.92 Å². The van der Waals surface area contributed by atoms with Crippen LogP contribution in [0.3, 0.4) is 0 Å². The Morgan fingerprint density at radius 2 is 1.76 bits per heavy atom. The third kappa shape index (κ3) is 4.15. The smallest absolute Gasteiger partial charge is 0.239 e. The molecule has 2 saturated carbocycles. The predicted octanol–water partition coefficient (Wildman–Crippen LogP) is 1.95. The van der Waals surface area contributed by atoms with E-state index in [4.69, 9.17) is 5.73 Å². The summed E-state index contributed by atoms with van der Waals surface area (Å²) in [5.41, 5.74) is 6.23. The molecule has 0 aromatic rings. The molecule has 3 aliphatic rings. The van der Waals surface area contributed by atoms with Crippen molar-refractivity contribution >= 4 is 11.8 Å². The summed E-state index contributed by atoms with van der Waals surface area (Å²) in [5, 5.41) is 0. The minimum Gasteiger partial charge on any atom is -0.343 e. The molecule has 3 rings (SSSR count). The Morgan fingerprint density at radius 1 is 1.12 bits per heavy atom. The highest BCUT2D eigenvalue weighted by Gasteiger charge is 2.38. The minimum atomic E-state index is -0.901. The van der Waals surface area contributed by atoms with Crippen molar-refractivity contribution in [2.45, 2.75) is 70.1 Å². The van der Waals surface area contributed by atoms with Crippen LogP contribution >= 0.6 is 0 Å². The first-order valence-electron chi connectivity index (χ1n) is 9.83. The van der Waals surface area contributed by atoms with Gasteiger partial charge in [-0.15, -0.1) is 0 Å². The lowest BCUT2D eigenvalue weighted by molar-refractivity contribution is -0.134. The van der Waals surface area contributed by atoms with Gasteiger partial charge in [0, 0.05) is 25.6 Å². The second kappa shape index (κ2) is 7.60. The molecular weight excluding hydrogens is 321 g/mol. The van der Waals surface area contributed by atoms with E-state index in [1.807, 2.05) is 11.9 Å². The number of carbonyl (C=O) groups excluding carboxylic acids is 2. The van der Waals surface area contributed by atoms with Crippen LogP contribution in [0.4, 0.5) is 4.39 Å². The van der Waals surface area contributed by atoms with Gasteiger partial charge in [-0.05, 0) is 56.8 Å². The quantitative estimate of drug-likeness (QED) is 0.821. The predicted molar refractivity (Wildman–Crippen MR) is 94.5 cm³/mol. The molecule has 2 aliphatic carbocycles. The SMILES string of the molecule is C[C@@H](C1CCC(N(C)C(=O)C2CC2)CC1)C(N)C(=O)N1CC[C@H](F)C1. The summed E-state index contributed by atoms with van der Waals surface area (Å²) in [7, 11) is 1.94. The second-order valence-corrected chi connectivity index (χ2v) is 8.35. The molecule has 0 bridgehead atoms. The Bertz CT molecular complexity index is 503. The number of nitrogens with two attached hydrogens (primary N) is 1. The number of alkyl halides is 1. The Balaban J connectivity index is 1.48. The van der Waals surface area contributed by atoms with Crippen LogP contribution in [0.5, 0.6) is 0 Å². The van der Waals surface area contributed by atoms with E-state index in [0.717, 1.165) is 38.5 Å². The molecule has 1 aliphatic heterocycles. The standard InChI is InChI=1S/C19H32FN3O2/c1-12(17(21)19(25)23-10-9-15(20)11-23)13-5-7-16(8-6-13)22(2)18(24)14-3-4-14/h12-17H,3-11,21H2,1-2H3/t12-,13?,15-,16?,17?/m0/s1. The van der Waals surface area contributed by atoms with E-state index in [1.165, 1.54) is 0 Å². The van der Waals surface area contributed by atoms with E-state index in [0.29, 0.717) is 30.8 Å². The maximum absolute atomic E-state index is 13.3. The molecule has 3 atom stereocenters. The van der Waals surface area contributed by atoms with Crippen LogP contribution in [0.2, 0.25) is 0 Å². The highest BCUT2D eigenvalue weighted by atomic mass is 19.1. The average Bonchev–Trinajstić information content (AvgIpc) is 3.39. The molecule has 0 aromatic carbocycles. The van der Waals surface area contributed by atoms with Gasteiger partial charge in [0.05, 0.1) is 12.6 Å². The van der Waals surface area contributed by atoms with E-state index >= 15 is 0 Å². The van der Waals surface area contributed by atoms with E-state index in [1.54, 1.807) is 4.90 Å². The van der Waals surface area contributed by atoms with E-state index < -0.39 is 12.2 Å². The molecule has 0 radical (unpaired) electrons. The molecule has 2 N–H and O–H groups in total. The van der Waals surface area contributed by atoms with E-state index in [2.05, 4.69) is 6.92 Å². The summed E-state index contributed by atoms with van der Waals surface area (Å²) >= 11 is 0. The fourth-order valence-electron chi connectivity index (χ4n) is 4.46. The average molecular weight is 353 g/mol. The van der Waals surface area contributed by atoms with Crippen LogP contribution in [0.15, 0.2) is 0 Å². The highest BCUT2D eigenvalue weighted by Crippen LogP contribution is 2.36. The van der Waals surface area contributed by atoms with Crippen molar-refractivity contribution in [2.24, 2.45) is 23.5 Å². The van der Waals surface area contributed by atoms with Crippen LogP contribution in [0, 0.1) is 17.8 Å². The van der Waals surface area contributed by atoms with Crippen LogP contribution in [0.25, 0.3) is 0 Å². The Morgan fingerprint density at radius 3 is 2.28 bits per heavy atom. The zero-order chi connectivity index (χ0) is 18.1. The van der Waals surface area contributed by atoms with Gasteiger partial charge in [-0.25, -0.2) is 4.39 Å². The van der Waals surface area contributed by atoms with Crippen LogP contribution < -0.4 is 5.73 Å². The summed E-state index contributed by atoms with van der Waals surface area (Å²) in [4.78, 5) is 28.3. The number of hydrogen-bond acceptors (Lipinski definition) is 3. The van der Waals surface area contributed by atoms with E-state index in [-0.39, 0.29) is 24.3 Å². The summed E-state index contributed by atoms with van der Waals surface area (Å²) < 4.78 is 13.3. The molecule has 1 unspecified atom stereocenters. The van der Waals surface area contributed by atoms with Gasteiger partial charge in [0.15, 0.2) is 0 Å². The summed E-state index contributed by atoms with van der Waals surface area (Å²) in [6, 6.07) is -0.216. The molecule has 1 saturated heterocycles. The molecule has 0 spiro atoms. The first-order valence-corrected chi connectivity index (χ1v) is 9.83. The van der Waals surface area contributed by atoms with Crippen molar-refractivity contribution in [1.82, 2.24) is 9.80 Å². The number of nitrogens with zero attached hydrogens (tertiary/aromatic N) is 2. The van der Waals surface area contributed by atoms with Gasteiger partial charge in [0.2, 0.25) is 11.8 Å². The number of rotatable bonds is 5. The molecule has 142 valence electrons. The monoisotopic (exact) mass is 353 g/mol. The van der Waals surface area contributed by atoms with Crippen molar-refractivity contribution in [3.05, 3.63) is 0 Å². The molecule has 2 amide bonds. The molecule has 6 heteroatoms. The third-order valence-corrected chi connectivity index (χ3v) is 6.60. The van der Waals surface area contributed by atoms with Crippen LogP contribution in [-0.4, -0.2) is 60.0 Å². The molecular formula is C19H32FN3O2. The lowest BCUT2D eigenvalue weighted by Crippen LogP contribution is -2.49. The van der Waals surface area contributed by atoms with Gasteiger partial charge < -0.3 is 15.5 Å². The zero-order valence-electron chi connectivity index (χ0n) is 15.5. The number of carbonyl (C=O) groups is 2. The lowest BCUT2D eigenvalue weighted by atomic mass is 9.75. The number of halogens is 1.